The lowest BCUT2D eigenvalue weighted by atomic mass is 10.2. The van der Waals surface area contributed by atoms with Gasteiger partial charge in [-0.15, -0.1) is 11.3 Å². The van der Waals surface area contributed by atoms with Crippen molar-refractivity contribution in [2.24, 2.45) is 0 Å². The lowest BCUT2D eigenvalue weighted by Gasteiger charge is -2.16. The molecule has 0 fully saturated rings. The largest absolute Gasteiger partial charge is 0.490 e. The second-order valence-electron chi connectivity index (χ2n) is 5.60. The number of nitrogens with zero attached hydrogens (tertiary/aromatic N) is 1. The summed E-state index contributed by atoms with van der Waals surface area (Å²) in [6, 6.07) is 12.0. The van der Waals surface area contributed by atoms with Crippen molar-refractivity contribution in [1.29, 1.82) is 0 Å². The predicted octanol–water partition coefficient (Wildman–Crippen LogP) is 3.10. The highest BCUT2D eigenvalue weighted by Crippen LogP contribution is 2.13. The molecular weight excluding hydrogens is 320 g/mol. The fourth-order valence-corrected chi connectivity index (χ4v) is 3.00. The van der Waals surface area contributed by atoms with Crippen LogP contribution in [0.3, 0.4) is 0 Å². The molecule has 128 valence electrons. The molecule has 1 aromatic heterocycles. The minimum atomic E-state index is 0.0555. The topological polar surface area (TPSA) is 41.6 Å². The van der Waals surface area contributed by atoms with Crippen molar-refractivity contribution in [2.45, 2.75) is 13.0 Å². The van der Waals surface area contributed by atoms with Crippen LogP contribution in [-0.2, 0) is 17.8 Å². The van der Waals surface area contributed by atoms with Gasteiger partial charge in [-0.05, 0) is 42.6 Å². The van der Waals surface area contributed by atoms with E-state index in [4.69, 9.17) is 4.74 Å². The third-order valence-electron chi connectivity index (χ3n) is 3.43. The number of amides is 1. The normalized spacial score (nSPS) is 10.6. The molecule has 0 aliphatic heterocycles. The number of carbonyl (C=O) groups excluding carboxylic acids is 1. The van der Waals surface area contributed by atoms with Crippen molar-refractivity contribution in [3.63, 3.8) is 0 Å². The van der Waals surface area contributed by atoms with Gasteiger partial charge < -0.3 is 10.1 Å². The highest BCUT2D eigenvalue weighted by molar-refractivity contribution is 7.09. The number of ether oxygens (including phenoxy) is 1. The summed E-state index contributed by atoms with van der Waals surface area (Å²) in [5.41, 5.74) is 1.15. The van der Waals surface area contributed by atoms with Crippen LogP contribution in [0.4, 0.5) is 0 Å². The first-order valence-corrected chi connectivity index (χ1v) is 8.85. The van der Waals surface area contributed by atoms with Crippen molar-refractivity contribution in [3.05, 3.63) is 64.9 Å². The van der Waals surface area contributed by atoms with Crippen LogP contribution in [0.5, 0.6) is 5.75 Å². The molecule has 0 aliphatic carbocycles. The molecule has 0 saturated carbocycles. The minimum absolute atomic E-state index is 0.0555. The Morgan fingerprint density at radius 1 is 1.33 bits per heavy atom. The van der Waals surface area contributed by atoms with Crippen molar-refractivity contribution >= 4 is 17.2 Å². The number of thiophene rings is 1. The summed E-state index contributed by atoms with van der Waals surface area (Å²) < 4.78 is 5.46. The summed E-state index contributed by atoms with van der Waals surface area (Å²) in [5, 5.41) is 5.02. The lowest BCUT2D eigenvalue weighted by Crippen LogP contribution is -2.35. The quantitative estimate of drug-likeness (QED) is 0.674. The average Bonchev–Trinajstić information content (AvgIpc) is 3.07. The van der Waals surface area contributed by atoms with Gasteiger partial charge in [-0.25, -0.2) is 0 Å². The van der Waals surface area contributed by atoms with E-state index >= 15 is 0 Å². The van der Waals surface area contributed by atoms with E-state index in [1.54, 1.807) is 17.4 Å². The van der Waals surface area contributed by atoms with Crippen LogP contribution in [0.25, 0.3) is 0 Å². The summed E-state index contributed by atoms with van der Waals surface area (Å²) in [6.45, 7) is 5.93. The highest BCUT2D eigenvalue weighted by atomic mass is 32.1. The highest BCUT2D eigenvalue weighted by Gasteiger charge is 2.07. The Balaban J connectivity index is 1.68. The molecule has 0 radical (unpaired) electrons. The van der Waals surface area contributed by atoms with E-state index in [0.29, 0.717) is 19.7 Å². The van der Waals surface area contributed by atoms with Crippen LogP contribution >= 0.6 is 11.3 Å². The Morgan fingerprint density at radius 3 is 2.79 bits per heavy atom. The maximum atomic E-state index is 12.0. The van der Waals surface area contributed by atoms with Crippen LogP contribution in [0.2, 0.25) is 0 Å². The van der Waals surface area contributed by atoms with Crippen LogP contribution in [0.1, 0.15) is 10.4 Å². The number of benzene rings is 1. The first kappa shape index (κ1) is 18.2. The summed E-state index contributed by atoms with van der Waals surface area (Å²) in [4.78, 5) is 15.3. The molecule has 0 spiro atoms. The van der Waals surface area contributed by atoms with Gasteiger partial charge >= 0.3 is 0 Å². The molecule has 0 aliphatic rings. The summed E-state index contributed by atoms with van der Waals surface area (Å²) >= 11 is 1.72. The first-order chi connectivity index (χ1) is 11.7. The fourth-order valence-electron chi connectivity index (χ4n) is 2.29. The van der Waals surface area contributed by atoms with Gasteiger partial charge in [0.2, 0.25) is 5.91 Å². The van der Waals surface area contributed by atoms with Crippen molar-refractivity contribution in [2.75, 3.05) is 26.7 Å². The first-order valence-electron chi connectivity index (χ1n) is 7.97. The van der Waals surface area contributed by atoms with Crippen molar-refractivity contribution in [3.8, 4) is 5.75 Å². The molecule has 1 aromatic carbocycles. The number of likely N-dealkylation sites (N-methyl/N-ethyl adjacent to an activating group) is 1. The van der Waals surface area contributed by atoms with Gasteiger partial charge in [0.1, 0.15) is 12.4 Å². The van der Waals surface area contributed by atoms with Crippen molar-refractivity contribution in [1.82, 2.24) is 10.2 Å². The SMILES string of the molecule is C=CCOc1ccc(CN(C)CC(=O)NCCc2cccs2)cc1. The molecule has 2 rings (SSSR count). The van der Waals surface area contributed by atoms with Crippen LogP contribution in [0, 0.1) is 0 Å². The fraction of sp³-hybridized carbons (Fsp3) is 0.316. The smallest absolute Gasteiger partial charge is 0.234 e. The predicted molar refractivity (Wildman–Crippen MR) is 99.5 cm³/mol. The zero-order chi connectivity index (χ0) is 17.2. The molecule has 1 amide bonds. The molecule has 2 aromatic rings. The Labute approximate surface area is 147 Å². The summed E-state index contributed by atoms with van der Waals surface area (Å²) in [5.74, 6) is 0.882. The van der Waals surface area contributed by atoms with E-state index in [-0.39, 0.29) is 5.91 Å². The number of hydrogen-bond acceptors (Lipinski definition) is 4. The number of hydrogen-bond donors (Lipinski definition) is 1. The molecule has 0 bridgehead atoms. The Morgan fingerprint density at radius 2 is 2.12 bits per heavy atom. The molecular formula is C19H24N2O2S. The van der Waals surface area contributed by atoms with Gasteiger partial charge in [0.25, 0.3) is 0 Å². The van der Waals surface area contributed by atoms with E-state index in [9.17, 15) is 4.79 Å². The maximum Gasteiger partial charge on any atom is 0.234 e. The van der Waals surface area contributed by atoms with Crippen molar-refractivity contribution < 1.29 is 9.53 Å². The van der Waals surface area contributed by atoms with Gasteiger partial charge in [-0.2, -0.15) is 0 Å². The molecule has 0 saturated heterocycles. The third kappa shape index (κ3) is 6.56. The molecule has 5 heteroatoms. The molecule has 1 heterocycles. The van der Waals surface area contributed by atoms with Crippen LogP contribution in [-0.4, -0.2) is 37.6 Å². The molecule has 0 unspecified atom stereocenters. The maximum absolute atomic E-state index is 12.0. The standard InChI is InChI=1S/C19H24N2O2S/c1-3-12-23-17-8-6-16(7-9-17)14-21(2)15-19(22)20-11-10-18-5-4-13-24-18/h3-9,13H,1,10-12,14-15H2,2H3,(H,20,22). The van der Waals surface area contributed by atoms with Crippen LogP contribution in [0.15, 0.2) is 54.4 Å². The second kappa shape index (κ2) is 9.90. The van der Waals surface area contributed by atoms with E-state index < -0.39 is 0 Å². The van der Waals surface area contributed by atoms with Crippen LogP contribution < -0.4 is 10.1 Å². The lowest BCUT2D eigenvalue weighted by molar-refractivity contribution is -0.122. The molecule has 1 N–H and O–H groups in total. The Bertz CT molecular complexity index is 623. The van der Waals surface area contributed by atoms with E-state index in [1.807, 2.05) is 42.3 Å². The summed E-state index contributed by atoms with van der Waals surface area (Å²) in [6.07, 6.45) is 2.61. The Kier molecular flexibility index (Phi) is 7.52. The van der Waals surface area contributed by atoms with Gasteiger partial charge in [0.15, 0.2) is 0 Å². The van der Waals surface area contributed by atoms with E-state index in [1.165, 1.54) is 4.88 Å². The molecule has 24 heavy (non-hydrogen) atoms. The number of carbonyl (C=O) groups is 1. The minimum Gasteiger partial charge on any atom is -0.490 e. The van der Waals surface area contributed by atoms with E-state index in [2.05, 4.69) is 23.3 Å². The monoisotopic (exact) mass is 344 g/mol. The van der Waals surface area contributed by atoms with Gasteiger partial charge in [0, 0.05) is 18.0 Å². The summed E-state index contributed by atoms with van der Waals surface area (Å²) in [7, 11) is 1.95. The number of rotatable bonds is 10. The van der Waals surface area contributed by atoms with E-state index in [0.717, 1.165) is 24.3 Å². The Hall–Kier alpha value is -2.11. The zero-order valence-corrected chi connectivity index (χ0v) is 14.8. The van der Waals surface area contributed by atoms with Gasteiger partial charge in [-0.3, -0.25) is 9.69 Å². The average molecular weight is 344 g/mol. The second-order valence-corrected chi connectivity index (χ2v) is 6.63. The number of nitrogens with one attached hydrogen (secondary N) is 1. The molecule has 0 atom stereocenters. The van der Waals surface area contributed by atoms with Gasteiger partial charge in [0.05, 0.1) is 6.54 Å². The van der Waals surface area contributed by atoms with Gasteiger partial charge in [-0.1, -0.05) is 30.9 Å². The molecule has 4 nitrogen and oxygen atoms in total. The third-order valence-corrected chi connectivity index (χ3v) is 4.37. The zero-order valence-electron chi connectivity index (χ0n) is 14.0.